The van der Waals surface area contributed by atoms with Gasteiger partial charge in [0.25, 0.3) is 0 Å². The quantitative estimate of drug-likeness (QED) is 0.796. The molecule has 0 saturated carbocycles. The van der Waals surface area contributed by atoms with Crippen LogP contribution in [0, 0.1) is 13.8 Å². The van der Waals surface area contributed by atoms with Crippen molar-refractivity contribution in [2.45, 2.75) is 32.4 Å². The van der Waals surface area contributed by atoms with Crippen molar-refractivity contribution in [1.29, 1.82) is 0 Å². The normalized spacial score (nSPS) is 11.5. The average Bonchev–Trinajstić information content (AvgIpc) is 2.43. The van der Waals surface area contributed by atoms with Gasteiger partial charge in [-0.25, -0.2) is 13.1 Å². The van der Waals surface area contributed by atoms with E-state index in [2.05, 4.69) is 29.8 Å². The fourth-order valence-corrected chi connectivity index (χ4v) is 3.64. The van der Waals surface area contributed by atoms with E-state index in [-0.39, 0.29) is 5.75 Å². The van der Waals surface area contributed by atoms with E-state index in [1.807, 2.05) is 37.3 Å². The summed E-state index contributed by atoms with van der Waals surface area (Å²) in [5.74, 6) is 0.0408. The SMILES string of the molecule is Cc1cccc(CCCNS(=O)(=O)Cc2cccc(C)c2)c1. The standard InChI is InChI=1S/C18H23NO2S/c1-15-6-3-8-17(12-15)10-5-11-19-22(20,21)14-18-9-4-7-16(2)13-18/h3-4,6-9,12-13,19H,5,10-11,14H2,1-2H3. The number of sulfonamides is 1. The van der Waals surface area contributed by atoms with Crippen molar-refractivity contribution < 1.29 is 8.42 Å². The third kappa shape index (κ3) is 5.62. The third-order valence-electron chi connectivity index (χ3n) is 3.49. The second kappa shape index (κ2) is 7.56. The van der Waals surface area contributed by atoms with Crippen molar-refractivity contribution in [1.82, 2.24) is 4.72 Å². The van der Waals surface area contributed by atoms with E-state index in [9.17, 15) is 8.42 Å². The Hall–Kier alpha value is -1.65. The molecule has 0 heterocycles. The van der Waals surface area contributed by atoms with E-state index in [4.69, 9.17) is 0 Å². The number of hydrogen-bond donors (Lipinski definition) is 1. The van der Waals surface area contributed by atoms with E-state index < -0.39 is 10.0 Å². The summed E-state index contributed by atoms with van der Waals surface area (Å²) in [6, 6.07) is 15.9. The number of nitrogens with one attached hydrogen (secondary N) is 1. The Balaban J connectivity index is 1.80. The van der Waals surface area contributed by atoms with Crippen molar-refractivity contribution in [3.63, 3.8) is 0 Å². The molecule has 0 bridgehead atoms. The van der Waals surface area contributed by atoms with Crippen molar-refractivity contribution in [2.75, 3.05) is 6.54 Å². The first kappa shape index (κ1) is 16.7. The molecule has 2 rings (SSSR count). The lowest BCUT2D eigenvalue weighted by Gasteiger charge is -2.08. The minimum Gasteiger partial charge on any atom is -0.215 e. The summed E-state index contributed by atoms with van der Waals surface area (Å²) in [7, 11) is -3.26. The van der Waals surface area contributed by atoms with E-state index in [1.165, 1.54) is 11.1 Å². The van der Waals surface area contributed by atoms with Crippen LogP contribution in [0.25, 0.3) is 0 Å². The van der Waals surface area contributed by atoms with Crippen LogP contribution >= 0.6 is 0 Å². The molecule has 0 aliphatic rings. The van der Waals surface area contributed by atoms with Gasteiger partial charge in [0.15, 0.2) is 0 Å². The van der Waals surface area contributed by atoms with Crippen LogP contribution in [0.15, 0.2) is 48.5 Å². The van der Waals surface area contributed by atoms with Gasteiger partial charge in [0, 0.05) is 6.54 Å². The van der Waals surface area contributed by atoms with E-state index in [0.29, 0.717) is 6.54 Å². The van der Waals surface area contributed by atoms with Crippen molar-refractivity contribution in [3.05, 3.63) is 70.8 Å². The van der Waals surface area contributed by atoms with Gasteiger partial charge in [-0.1, -0.05) is 59.7 Å². The molecule has 2 aromatic rings. The number of hydrogen-bond acceptors (Lipinski definition) is 2. The maximum atomic E-state index is 12.1. The molecule has 3 nitrogen and oxygen atoms in total. The van der Waals surface area contributed by atoms with Crippen LogP contribution in [0.5, 0.6) is 0 Å². The van der Waals surface area contributed by atoms with Crippen molar-refractivity contribution >= 4 is 10.0 Å². The molecule has 118 valence electrons. The highest BCUT2D eigenvalue weighted by atomic mass is 32.2. The first-order valence-corrected chi connectivity index (χ1v) is 9.18. The molecule has 0 spiro atoms. The molecule has 0 radical (unpaired) electrons. The summed E-state index contributed by atoms with van der Waals surface area (Å²) < 4.78 is 26.8. The molecular formula is C18H23NO2S. The minimum atomic E-state index is -3.26. The lowest BCUT2D eigenvalue weighted by Crippen LogP contribution is -2.26. The largest absolute Gasteiger partial charge is 0.215 e. The minimum absolute atomic E-state index is 0.0408. The summed E-state index contributed by atoms with van der Waals surface area (Å²) in [6.07, 6.45) is 1.69. The summed E-state index contributed by atoms with van der Waals surface area (Å²) in [5.41, 5.74) is 4.38. The molecule has 0 aromatic heterocycles. The zero-order valence-corrected chi connectivity index (χ0v) is 14.0. The Morgan fingerprint density at radius 2 is 1.50 bits per heavy atom. The van der Waals surface area contributed by atoms with Gasteiger partial charge in [0.2, 0.25) is 10.0 Å². The van der Waals surface area contributed by atoms with E-state index in [1.54, 1.807) is 0 Å². The first-order chi connectivity index (χ1) is 10.4. The topological polar surface area (TPSA) is 46.2 Å². The molecule has 0 amide bonds. The van der Waals surface area contributed by atoms with Crippen LogP contribution in [0.4, 0.5) is 0 Å². The predicted octanol–water partition coefficient (Wildman–Crippen LogP) is 3.36. The van der Waals surface area contributed by atoms with Crippen LogP contribution in [0.3, 0.4) is 0 Å². The molecule has 0 saturated heterocycles. The number of benzene rings is 2. The summed E-state index contributed by atoms with van der Waals surface area (Å²) >= 11 is 0. The highest BCUT2D eigenvalue weighted by molar-refractivity contribution is 7.88. The Morgan fingerprint density at radius 1 is 0.909 bits per heavy atom. The molecule has 22 heavy (non-hydrogen) atoms. The average molecular weight is 317 g/mol. The van der Waals surface area contributed by atoms with Gasteiger partial charge in [-0.15, -0.1) is 0 Å². The number of rotatable bonds is 7. The lowest BCUT2D eigenvalue weighted by atomic mass is 10.1. The Kier molecular flexibility index (Phi) is 5.75. The van der Waals surface area contributed by atoms with Gasteiger partial charge < -0.3 is 0 Å². The van der Waals surface area contributed by atoms with E-state index >= 15 is 0 Å². The second-order valence-corrected chi connectivity index (χ2v) is 7.54. The zero-order valence-electron chi connectivity index (χ0n) is 13.2. The monoisotopic (exact) mass is 317 g/mol. The van der Waals surface area contributed by atoms with Crippen molar-refractivity contribution in [3.8, 4) is 0 Å². The summed E-state index contributed by atoms with van der Waals surface area (Å²) in [5, 5.41) is 0. The molecule has 1 N–H and O–H groups in total. The predicted molar refractivity (Wildman–Crippen MR) is 91.3 cm³/mol. The zero-order chi connectivity index (χ0) is 16.0. The van der Waals surface area contributed by atoms with Crippen molar-refractivity contribution in [2.24, 2.45) is 0 Å². The van der Waals surface area contributed by atoms with Crippen LogP contribution in [0.1, 0.15) is 28.7 Å². The molecule has 0 aliphatic heterocycles. The van der Waals surface area contributed by atoms with Gasteiger partial charge in [-0.05, 0) is 37.8 Å². The van der Waals surface area contributed by atoms with Gasteiger partial charge >= 0.3 is 0 Å². The molecule has 0 unspecified atom stereocenters. The smallest absolute Gasteiger partial charge is 0.215 e. The van der Waals surface area contributed by atoms with Crippen LogP contribution in [-0.4, -0.2) is 15.0 Å². The Labute approximate surface area is 133 Å². The maximum absolute atomic E-state index is 12.1. The summed E-state index contributed by atoms with van der Waals surface area (Å²) in [6.45, 7) is 4.50. The molecule has 2 aromatic carbocycles. The molecule has 0 aliphatic carbocycles. The second-order valence-electron chi connectivity index (χ2n) is 5.74. The van der Waals surface area contributed by atoms with Crippen LogP contribution < -0.4 is 4.72 Å². The molecule has 0 atom stereocenters. The first-order valence-electron chi connectivity index (χ1n) is 7.53. The van der Waals surface area contributed by atoms with Gasteiger partial charge in [-0.2, -0.15) is 0 Å². The fourth-order valence-electron chi connectivity index (χ4n) is 2.46. The Morgan fingerprint density at radius 3 is 2.14 bits per heavy atom. The lowest BCUT2D eigenvalue weighted by molar-refractivity contribution is 0.578. The van der Waals surface area contributed by atoms with Gasteiger partial charge in [-0.3, -0.25) is 0 Å². The van der Waals surface area contributed by atoms with E-state index in [0.717, 1.165) is 24.0 Å². The third-order valence-corrected chi connectivity index (χ3v) is 4.84. The maximum Gasteiger partial charge on any atom is 0.215 e. The molecule has 0 fully saturated rings. The fraction of sp³-hybridized carbons (Fsp3) is 0.333. The van der Waals surface area contributed by atoms with Gasteiger partial charge in [0.05, 0.1) is 5.75 Å². The van der Waals surface area contributed by atoms with Crippen LogP contribution in [0.2, 0.25) is 0 Å². The number of aryl methyl sites for hydroxylation is 3. The van der Waals surface area contributed by atoms with Crippen LogP contribution in [-0.2, 0) is 22.2 Å². The highest BCUT2D eigenvalue weighted by Crippen LogP contribution is 2.09. The van der Waals surface area contributed by atoms with Gasteiger partial charge in [0.1, 0.15) is 0 Å². The highest BCUT2D eigenvalue weighted by Gasteiger charge is 2.10. The molecule has 4 heteroatoms. The Bertz CT molecular complexity index is 723. The molecular weight excluding hydrogens is 294 g/mol. The summed E-state index contributed by atoms with van der Waals surface area (Å²) in [4.78, 5) is 0.